The normalized spacial score (nSPS) is 11.3. The lowest BCUT2D eigenvalue weighted by atomic mass is 10.2. The first-order valence-electron chi connectivity index (χ1n) is 6.34. The number of aromatic amines is 1. The van der Waals surface area contributed by atoms with Crippen LogP contribution in [0.5, 0.6) is 0 Å². The fraction of sp³-hybridized carbons (Fsp3) is 0.0769. The fourth-order valence-corrected chi connectivity index (χ4v) is 2.07. The molecule has 0 aliphatic heterocycles. The molecule has 0 saturated heterocycles. The Balaban J connectivity index is 1.75. The molecule has 9 nitrogen and oxygen atoms in total. The number of rotatable bonds is 3. The molecule has 0 aliphatic rings. The van der Waals surface area contributed by atoms with E-state index in [0.717, 1.165) is 0 Å². The van der Waals surface area contributed by atoms with Crippen LogP contribution in [0.25, 0.3) is 28.5 Å². The first-order chi connectivity index (χ1) is 10.7. The molecule has 0 saturated carbocycles. The second kappa shape index (κ2) is 4.67. The predicted octanol–water partition coefficient (Wildman–Crippen LogP) is 0.825. The molecule has 0 atom stereocenters. The maximum atomic E-state index is 11.6. The van der Waals surface area contributed by atoms with Crippen LogP contribution in [0.1, 0.15) is 5.76 Å². The topological polar surface area (TPSA) is 122 Å². The van der Waals surface area contributed by atoms with E-state index in [0.29, 0.717) is 28.4 Å². The number of hydrogen-bond acceptors (Lipinski definition) is 7. The number of pyridine rings is 1. The molecule has 2 N–H and O–H groups in total. The van der Waals surface area contributed by atoms with Gasteiger partial charge in [0.05, 0.1) is 5.56 Å². The summed E-state index contributed by atoms with van der Waals surface area (Å²) in [5.41, 5.74) is 1.34. The van der Waals surface area contributed by atoms with Gasteiger partial charge in [-0.05, 0) is 18.2 Å². The van der Waals surface area contributed by atoms with Crippen molar-refractivity contribution in [1.82, 2.24) is 24.7 Å². The maximum absolute atomic E-state index is 11.6. The summed E-state index contributed by atoms with van der Waals surface area (Å²) >= 11 is 0. The van der Waals surface area contributed by atoms with Crippen molar-refractivity contribution in [3.63, 3.8) is 0 Å². The van der Waals surface area contributed by atoms with E-state index in [4.69, 9.17) is 14.0 Å². The Kier molecular flexibility index (Phi) is 2.66. The first-order valence-corrected chi connectivity index (χ1v) is 6.34. The first kappa shape index (κ1) is 12.5. The number of furan rings is 1. The van der Waals surface area contributed by atoms with Crippen LogP contribution in [0.3, 0.4) is 0 Å². The van der Waals surface area contributed by atoms with E-state index in [1.165, 1.54) is 10.7 Å². The van der Waals surface area contributed by atoms with Gasteiger partial charge in [0, 0.05) is 11.8 Å². The summed E-state index contributed by atoms with van der Waals surface area (Å²) in [4.78, 5) is 15.8. The number of nitrogens with zero attached hydrogens (tertiary/aromatic N) is 4. The molecule has 0 radical (unpaired) electrons. The van der Waals surface area contributed by atoms with E-state index in [1.807, 2.05) is 0 Å². The van der Waals surface area contributed by atoms with Crippen molar-refractivity contribution < 1.29 is 14.0 Å². The monoisotopic (exact) mass is 299 g/mol. The molecule has 0 amide bonds. The largest absolute Gasteiger partial charge is 0.466 e. The van der Waals surface area contributed by atoms with Crippen LogP contribution < -0.4 is 5.69 Å². The number of aromatic nitrogens is 5. The van der Waals surface area contributed by atoms with Crippen LogP contribution in [-0.4, -0.2) is 29.8 Å². The lowest BCUT2D eigenvalue weighted by molar-refractivity contribution is 0.247. The molecular formula is C13H9N5O4. The minimum atomic E-state index is -0.344. The van der Waals surface area contributed by atoms with E-state index >= 15 is 0 Å². The minimum Gasteiger partial charge on any atom is -0.466 e. The number of H-pyrrole nitrogens is 1. The van der Waals surface area contributed by atoms with Crippen molar-refractivity contribution in [1.29, 1.82) is 0 Å². The zero-order chi connectivity index (χ0) is 15.1. The van der Waals surface area contributed by atoms with Crippen LogP contribution in [0.2, 0.25) is 0 Å². The second-order valence-corrected chi connectivity index (χ2v) is 4.56. The van der Waals surface area contributed by atoms with Crippen LogP contribution >= 0.6 is 0 Å². The number of hydrogen-bond donors (Lipinski definition) is 2. The van der Waals surface area contributed by atoms with E-state index < -0.39 is 0 Å². The van der Waals surface area contributed by atoms with Gasteiger partial charge in [0.25, 0.3) is 5.89 Å². The highest BCUT2D eigenvalue weighted by Gasteiger charge is 2.14. The third-order valence-corrected chi connectivity index (χ3v) is 3.15. The molecule has 0 fully saturated rings. The molecular weight excluding hydrogens is 290 g/mol. The van der Waals surface area contributed by atoms with E-state index in [-0.39, 0.29) is 18.2 Å². The van der Waals surface area contributed by atoms with Gasteiger partial charge in [-0.3, -0.25) is 0 Å². The Labute approximate surface area is 121 Å². The number of fused-ring (bicyclic) bond motifs is 1. The summed E-state index contributed by atoms with van der Waals surface area (Å²) in [5, 5.41) is 19.1. The molecule has 4 rings (SSSR count). The second-order valence-electron chi connectivity index (χ2n) is 4.56. The number of nitrogens with one attached hydrogen (secondary N) is 1. The standard InChI is InChI=1S/C13H9N5O4/c19-5-9-3-8(6-21-9)12-14-11(17-22-12)7-1-2-10-15-16-13(20)18(10)4-7/h1-4,6,19H,5H2,(H,16,20). The third kappa shape index (κ3) is 1.91. The Hall–Kier alpha value is -3.20. The van der Waals surface area contributed by atoms with Gasteiger partial charge in [-0.25, -0.2) is 14.3 Å². The molecule has 0 bridgehead atoms. The Morgan fingerprint density at radius 2 is 2.23 bits per heavy atom. The third-order valence-electron chi connectivity index (χ3n) is 3.15. The predicted molar refractivity (Wildman–Crippen MR) is 72.7 cm³/mol. The van der Waals surface area contributed by atoms with Gasteiger partial charge >= 0.3 is 5.69 Å². The minimum absolute atomic E-state index is 0.207. The molecule has 9 heteroatoms. The highest BCUT2D eigenvalue weighted by molar-refractivity contribution is 5.60. The summed E-state index contributed by atoms with van der Waals surface area (Å²) < 4.78 is 11.6. The lowest BCUT2D eigenvalue weighted by Crippen LogP contribution is -2.08. The molecule has 4 aromatic rings. The van der Waals surface area contributed by atoms with E-state index in [9.17, 15) is 4.79 Å². The van der Waals surface area contributed by atoms with Gasteiger partial charge in [0.1, 0.15) is 18.6 Å². The number of aliphatic hydroxyl groups is 1. The summed E-state index contributed by atoms with van der Waals surface area (Å²) in [6.07, 6.45) is 3.00. The average Bonchev–Trinajstić information content (AvgIpc) is 3.26. The molecule has 0 aromatic carbocycles. The van der Waals surface area contributed by atoms with Crippen molar-refractivity contribution in [3.8, 4) is 22.8 Å². The quantitative estimate of drug-likeness (QED) is 0.574. The fourth-order valence-electron chi connectivity index (χ4n) is 2.07. The summed E-state index contributed by atoms with van der Waals surface area (Å²) in [6, 6.07) is 5.02. The van der Waals surface area contributed by atoms with Crippen molar-refractivity contribution in [3.05, 3.63) is 46.9 Å². The zero-order valence-electron chi connectivity index (χ0n) is 11.1. The van der Waals surface area contributed by atoms with Gasteiger partial charge < -0.3 is 14.0 Å². The Bertz CT molecular complexity index is 1010. The molecule has 22 heavy (non-hydrogen) atoms. The van der Waals surface area contributed by atoms with Crippen LogP contribution in [0.15, 0.2) is 44.4 Å². The van der Waals surface area contributed by atoms with Gasteiger partial charge in [0.15, 0.2) is 5.65 Å². The summed E-state index contributed by atoms with van der Waals surface area (Å²) in [5.74, 6) is 0.996. The van der Waals surface area contributed by atoms with Crippen molar-refractivity contribution in [2.75, 3.05) is 0 Å². The molecule has 0 unspecified atom stereocenters. The van der Waals surface area contributed by atoms with Gasteiger partial charge in [-0.15, -0.1) is 0 Å². The molecule has 0 spiro atoms. The highest BCUT2D eigenvalue weighted by atomic mass is 16.5. The van der Waals surface area contributed by atoms with E-state index in [1.54, 1.807) is 24.4 Å². The van der Waals surface area contributed by atoms with Crippen LogP contribution in [-0.2, 0) is 6.61 Å². The van der Waals surface area contributed by atoms with E-state index in [2.05, 4.69) is 20.3 Å². The Morgan fingerprint density at radius 1 is 1.32 bits per heavy atom. The van der Waals surface area contributed by atoms with Crippen molar-refractivity contribution in [2.45, 2.75) is 6.61 Å². The molecule has 110 valence electrons. The zero-order valence-corrected chi connectivity index (χ0v) is 11.1. The SMILES string of the molecule is O=c1[nH]nc2ccc(-c3noc(-c4coc(CO)c4)n3)cn12. The highest BCUT2D eigenvalue weighted by Crippen LogP contribution is 2.24. The van der Waals surface area contributed by atoms with Gasteiger partial charge in [-0.1, -0.05) is 5.16 Å². The van der Waals surface area contributed by atoms with Gasteiger partial charge in [-0.2, -0.15) is 10.1 Å². The summed E-state index contributed by atoms with van der Waals surface area (Å²) in [7, 11) is 0. The Morgan fingerprint density at radius 3 is 3.05 bits per heavy atom. The maximum Gasteiger partial charge on any atom is 0.347 e. The van der Waals surface area contributed by atoms with Crippen molar-refractivity contribution in [2.24, 2.45) is 0 Å². The summed E-state index contributed by atoms with van der Waals surface area (Å²) in [6.45, 7) is -0.207. The smallest absolute Gasteiger partial charge is 0.347 e. The molecule has 0 aliphatic carbocycles. The number of aliphatic hydroxyl groups excluding tert-OH is 1. The van der Waals surface area contributed by atoms with Crippen LogP contribution in [0, 0.1) is 0 Å². The lowest BCUT2D eigenvalue weighted by Gasteiger charge is -1.94. The molecule has 4 aromatic heterocycles. The van der Waals surface area contributed by atoms with Crippen LogP contribution in [0.4, 0.5) is 0 Å². The average molecular weight is 299 g/mol. The van der Waals surface area contributed by atoms with Crippen molar-refractivity contribution >= 4 is 5.65 Å². The van der Waals surface area contributed by atoms with Gasteiger partial charge in [0.2, 0.25) is 5.82 Å². The molecule has 4 heterocycles.